The van der Waals surface area contributed by atoms with Gasteiger partial charge in [-0.1, -0.05) is 0 Å². The number of hydrogen-bond donors (Lipinski definition) is 1. The van der Waals surface area contributed by atoms with Gasteiger partial charge >= 0.3 is 11.7 Å². The van der Waals surface area contributed by atoms with Crippen LogP contribution in [0.4, 0.5) is 0 Å². The maximum atomic E-state index is 12.4. The predicted octanol–water partition coefficient (Wildman–Crippen LogP) is 0.615. The fraction of sp³-hybridized carbons (Fsp3) is 0.500. The van der Waals surface area contributed by atoms with Gasteiger partial charge in [0.15, 0.2) is 5.58 Å². The van der Waals surface area contributed by atoms with Crippen LogP contribution in [0.2, 0.25) is 0 Å². The number of benzene rings is 1. The molecule has 1 aliphatic rings. The van der Waals surface area contributed by atoms with Crippen LogP contribution < -0.4 is 10.5 Å². The summed E-state index contributed by atoms with van der Waals surface area (Å²) >= 11 is 0. The van der Waals surface area contributed by atoms with E-state index in [0.29, 0.717) is 12.1 Å². The molecule has 1 atom stereocenters. The first-order chi connectivity index (χ1) is 12.4. The van der Waals surface area contributed by atoms with Crippen molar-refractivity contribution in [1.82, 2.24) is 9.29 Å². The zero-order chi connectivity index (χ0) is 18.7. The number of ether oxygens (including phenoxy) is 2. The summed E-state index contributed by atoms with van der Waals surface area (Å²) in [6, 6.07) is 4.05. The Morgan fingerprint density at radius 1 is 1.42 bits per heavy atom. The summed E-state index contributed by atoms with van der Waals surface area (Å²) in [5.74, 6) is -1.33. The maximum absolute atomic E-state index is 12.4. The molecule has 3 rings (SSSR count). The van der Waals surface area contributed by atoms with Crippen molar-refractivity contribution in [3.05, 3.63) is 28.7 Å². The smallest absolute Gasteiger partial charge is 0.420 e. The number of rotatable bonds is 7. The molecule has 1 aliphatic heterocycles. The number of nitrogens with zero attached hydrogens (tertiary/aromatic N) is 1. The minimum Gasteiger partial charge on any atom is -0.465 e. The summed E-state index contributed by atoms with van der Waals surface area (Å²) in [6.45, 7) is 2.38. The quantitative estimate of drug-likeness (QED) is 0.695. The van der Waals surface area contributed by atoms with Crippen LogP contribution in [0.1, 0.15) is 19.8 Å². The van der Waals surface area contributed by atoms with Crippen LogP contribution >= 0.6 is 0 Å². The van der Waals surface area contributed by atoms with Crippen molar-refractivity contribution in [1.29, 1.82) is 0 Å². The van der Waals surface area contributed by atoms with Gasteiger partial charge in [0.2, 0.25) is 10.0 Å². The lowest BCUT2D eigenvalue weighted by atomic mass is 10.2. The van der Waals surface area contributed by atoms with Crippen molar-refractivity contribution in [2.24, 2.45) is 0 Å². The number of carbonyl (C=O) groups is 1. The first kappa shape index (κ1) is 18.6. The molecule has 0 bridgehead atoms. The van der Waals surface area contributed by atoms with Crippen LogP contribution in [0.3, 0.4) is 0 Å². The van der Waals surface area contributed by atoms with Crippen LogP contribution in [0.15, 0.2) is 32.3 Å². The molecule has 2 heterocycles. The fourth-order valence-corrected chi connectivity index (χ4v) is 3.87. The van der Waals surface area contributed by atoms with E-state index in [-0.39, 0.29) is 36.3 Å². The monoisotopic (exact) mass is 384 g/mol. The number of fused-ring (bicyclic) bond motifs is 1. The molecule has 0 radical (unpaired) electrons. The Hall–Kier alpha value is -2.17. The van der Waals surface area contributed by atoms with Gasteiger partial charge in [0, 0.05) is 19.2 Å². The van der Waals surface area contributed by atoms with Crippen LogP contribution in [0.25, 0.3) is 11.1 Å². The molecule has 10 heteroatoms. The molecule has 1 aromatic carbocycles. The molecule has 9 nitrogen and oxygen atoms in total. The fourth-order valence-electron chi connectivity index (χ4n) is 2.79. The summed E-state index contributed by atoms with van der Waals surface area (Å²) in [4.78, 5) is 23.5. The molecular weight excluding hydrogens is 364 g/mol. The maximum Gasteiger partial charge on any atom is 0.420 e. The van der Waals surface area contributed by atoms with E-state index in [1.165, 1.54) is 18.2 Å². The van der Waals surface area contributed by atoms with Gasteiger partial charge in [-0.3, -0.25) is 9.36 Å². The highest BCUT2D eigenvalue weighted by Gasteiger charge is 2.22. The largest absolute Gasteiger partial charge is 0.465 e. The van der Waals surface area contributed by atoms with Crippen LogP contribution in [-0.2, 0) is 30.8 Å². The lowest BCUT2D eigenvalue weighted by Crippen LogP contribution is -2.31. The Labute approximate surface area is 149 Å². The third-order valence-corrected chi connectivity index (χ3v) is 5.49. The number of nitrogens with one attached hydrogen (secondary N) is 1. The van der Waals surface area contributed by atoms with E-state index < -0.39 is 21.7 Å². The van der Waals surface area contributed by atoms with E-state index in [9.17, 15) is 18.0 Å². The Morgan fingerprint density at radius 2 is 2.23 bits per heavy atom. The Morgan fingerprint density at radius 3 is 2.92 bits per heavy atom. The number of carbonyl (C=O) groups excluding carboxylic acids is 1. The standard InChI is InChI=1S/C16H20N2O7S/c1-2-23-15(19)10-18-13-6-5-12(8-14(13)25-16(18)20)26(21,22)17-9-11-4-3-7-24-11/h5-6,8,11,17H,2-4,7,9-10H2,1H3/t11-/m1/s1. The van der Waals surface area contributed by atoms with Gasteiger partial charge in [-0.2, -0.15) is 0 Å². The van der Waals surface area contributed by atoms with Gasteiger partial charge in [0.05, 0.1) is 23.1 Å². The molecule has 0 amide bonds. The average molecular weight is 384 g/mol. The highest BCUT2D eigenvalue weighted by Crippen LogP contribution is 2.19. The van der Waals surface area contributed by atoms with Crippen molar-refractivity contribution in [3.63, 3.8) is 0 Å². The molecule has 0 saturated carbocycles. The molecular formula is C16H20N2O7S. The Kier molecular flexibility index (Phi) is 5.44. The number of hydrogen-bond acceptors (Lipinski definition) is 7. The number of oxazole rings is 1. The predicted molar refractivity (Wildman–Crippen MR) is 91.3 cm³/mol. The molecule has 0 unspecified atom stereocenters. The van der Waals surface area contributed by atoms with Gasteiger partial charge in [-0.05, 0) is 31.9 Å². The molecule has 142 valence electrons. The Bertz CT molecular complexity index is 955. The van der Waals surface area contributed by atoms with Gasteiger partial charge in [-0.25, -0.2) is 17.9 Å². The second kappa shape index (κ2) is 7.60. The summed E-state index contributed by atoms with van der Waals surface area (Å²) in [7, 11) is -3.77. The summed E-state index contributed by atoms with van der Waals surface area (Å²) < 4.78 is 43.7. The normalized spacial score (nSPS) is 17.7. The summed E-state index contributed by atoms with van der Waals surface area (Å²) in [5, 5.41) is 0. The summed E-state index contributed by atoms with van der Waals surface area (Å²) in [5.41, 5.74) is 0.403. The van der Waals surface area contributed by atoms with E-state index in [1.807, 2.05) is 0 Å². The SMILES string of the molecule is CCOC(=O)Cn1c(=O)oc2cc(S(=O)(=O)NC[C@H]3CCCO3)ccc21. The van der Waals surface area contributed by atoms with Gasteiger partial charge in [-0.15, -0.1) is 0 Å². The average Bonchev–Trinajstić information content (AvgIpc) is 3.21. The van der Waals surface area contributed by atoms with E-state index >= 15 is 0 Å². The highest BCUT2D eigenvalue weighted by molar-refractivity contribution is 7.89. The van der Waals surface area contributed by atoms with Gasteiger partial charge in [0.25, 0.3) is 0 Å². The van der Waals surface area contributed by atoms with Crippen LogP contribution in [0.5, 0.6) is 0 Å². The van der Waals surface area contributed by atoms with Gasteiger partial charge < -0.3 is 13.9 Å². The van der Waals surface area contributed by atoms with Crippen molar-refractivity contribution in [3.8, 4) is 0 Å². The zero-order valence-electron chi connectivity index (χ0n) is 14.3. The highest BCUT2D eigenvalue weighted by atomic mass is 32.2. The second-order valence-corrected chi connectivity index (χ2v) is 7.64. The van der Waals surface area contributed by atoms with E-state index in [4.69, 9.17) is 13.9 Å². The number of sulfonamides is 1. The van der Waals surface area contributed by atoms with Crippen molar-refractivity contribution >= 4 is 27.1 Å². The third-order valence-electron chi connectivity index (χ3n) is 4.07. The van der Waals surface area contributed by atoms with E-state index in [0.717, 1.165) is 17.4 Å². The molecule has 2 aromatic rings. The first-order valence-electron chi connectivity index (χ1n) is 8.31. The minimum atomic E-state index is -3.77. The minimum absolute atomic E-state index is 0.0277. The summed E-state index contributed by atoms with van der Waals surface area (Å²) in [6.07, 6.45) is 1.60. The number of esters is 1. The topological polar surface area (TPSA) is 117 Å². The lowest BCUT2D eigenvalue weighted by Gasteiger charge is -2.11. The van der Waals surface area contributed by atoms with Crippen molar-refractivity contribution < 1.29 is 27.1 Å². The first-order valence-corrected chi connectivity index (χ1v) is 9.79. The molecule has 26 heavy (non-hydrogen) atoms. The third kappa shape index (κ3) is 3.97. The Balaban J connectivity index is 1.82. The van der Waals surface area contributed by atoms with Crippen molar-refractivity contribution in [2.45, 2.75) is 37.3 Å². The molecule has 0 aliphatic carbocycles. The lowest BCUT2D eigenvalue weighted by molar-refractivity contribution is -0.143. The van der Waals surface area contributed by atoms with Crippen LogP contribution in [0, 0.1) is 0 Å². The molecule has 1 N–H and O–H groups in total. The second-order valence-electron chi connectivity index (χ2n) is 5.88. The van der Waals surface area contributed by atoms with Crippen molar-refractivity contribution in [2.75, 3.05) is 19.8 Å². The molecule has 1 aromatic heterocycles. The van der Waals surface area contributed by atoms with Crippen LogP contribution in [-0.4, -0.2) is 44.8 Å². The molecule has 1 saturated heterocycles. The van der Waals surface area contributed by atoms with Gasteiger partial charge in [0.1, 0.15) is 6.54 Å². The molecule has 0 spiro atoms. The number of aromatic nitrogens is 1. The van der Waals surface area contributed by atoms with E-state index in [2.05, 4.69) is 4.72 Å². The zero-order valence-corrected chi connectivity index (χ0v) is 15.1. The molecule has 1 fully saturated rings. The van der Waals surface area contributed by atoms with E-state index in [1.54, 1.807) is 6.92 Å².